The summed E-state index contributed by atoms with van der Waals surface area (Å²) in [5.74, 6) is 0.536. The number of nitrogens with zero attached hydrogens (tertiary/aromatic N) is 1. The first-order chi connectivity index (χ1) is 11.5. The smallest absolute Gasteiger partial charge is 0.271 e. The monoisotopic (exact) mass is 364 g/mol. The minimum Gasteiger partial charge on any atom is -0.338 e. The van der Waals surface area contributed by atoms with Gasteiger partial charge in [0, 0.05) is 24.3 Å². The second-order valence-electron chi connectivity index (χ2n) is 6.11. The molecule has 0 unspecified atom stereocenters. The summed E-state index contributed by atoms with van der Waals surface area (Å²) >= 11 is 1.16. The summed E-state index contributed by atoms with van der Waals surface area (Å²) in [7, 11) is -3.56. The van der Waals surface area contributed by atoms with Gasteiger partial charge < -0.3 is 4.90 Å². The van der Waals surface area contributed by atoms with Crippen molar-refractivity contribution in [3.63, 3.8) is 0 Å². The molecule has 1 aliphatic rings. The lowest BCUT2D eigenvalue weighted by molar-refractivity contribution is 0.0683. The zero-order valence-corrected chi connectivity index (χ0v) is 15.1. The molecule has 2 aromatic rings. The number of benzene rings is 1. The number of piperidine rings is 1. The number of nitrogens with one attached hydrogen (secondary N) is 1. The molecule has 1 aliphatic heterocycles. The molecule has 0 aliphatic carbocycles. The fourth-order valence-corrected chi connectivity index (χ4v) is 4.91. The van der Waals surface area contributed by atoms with E-state index in [0.717, 1.165) is 37.3 Å². The first-order valence-corrected chi connectivity index (χ1v) is 10.3. The Morgan fingerprint density at radius 2 is 2.00 bits per heavy atom. The zero-order chi connectivity index (χ0) is 17.2. The van der Waals surface area contributed by atoms with Crippen molar-refractivity contribution in [3.05, 3.63) is 47.3 Å². The Morgan fingerprint density at radius 1 is 1.25 bits per heavy atom. The third kappa shape index (κ3) is 3.79. The van der Waals surface area contributed by atoms with Crippen LogP contribution in [0.1, 0.15) is 30.1 Å². The van der Waals surface area contributed by atoms with Crippen LogP contribution >= 0.6 is 11.3 Å². The summed E-state index contributed by atoms with van der Waals surface area (Å²) in [6.07, 6.45) is 2.19. The molecular formula is C17H20N2O3S2. The van der Waals surface area contributed by atoms with Crippen LogP contribution in [0.3, 0.4) is 0 Å². The average Bonchev–Trinajstić information content (AvgIpc) is 3.10. The Bertz CT molecular complexity index is 799. The maximum atomic E-state index is 12.5. The van der Waals surface area contributed by atoms with Gasteiger partial charge in [0.1, 0.15) is 4.21 Å². The summed E-state index contributed by atoms with van der Waals surface area (Å²) in [5.41, 5.74) is 1.04. The van der Waals surface area contributed by atoms with Crippen molar-refractivity contribution in [1.82, 2.24) is 4.90 Å². The van der Waals surface area contributed by atoms with E-state index in [-0.39, 0.29) is 10.1 Å². The number of sulfonamides is 1. The highest BCUT2D eigenvalue weighted by Crippen LogP contribution is 2.22. The minimum absolute atomic E-state index is 0.00853. The number of carbonyl (C=O) groups is 1. The number of thiophene rings is 1. The van der Waals surface area contributed by atoms with Gasteiger partial charge in [-0.05, 0) is 54.5 Å². The molecule has 0 bridgehead atoms. The summed E-state index contributed by atoms with van der Waals surface area (Å²) < 4.78 is 27.2. The molecule has 1 fully saturated rings. The van der Waals surface area contributed by atoms with Crippen LogP contribution in [0.4, 0.5) is 5.69 Å². The third-order valence-corrected chi connectivity index (χ3v) is 6.87. The lowest BCUT2D eigenvalue weighted by atomic mass is 9.99. The van der Waals surface area contributed by atoms with E-state index in [1.54, 1.807) is 41.8 Å². The first kappa shape index (κ1) is 17.0. The number of amides is 1. The summed E-state index contributed by atoms with van der Waals surface area (Å²) in [6, 6.07) is 9.86. The third-order valence-electron chi connectivity index (χ3n) is 4.09. The number of anilines is 1. The van der Waals surface area contributed by atoms with Crippen molar-refractivity contribution in [3.8, 4) is 0 Å². The fraction of sp³-hybridized carbons (Fsp3) is 0.353. The molecule has 5 nitrogen and oxygen atoms in total. The molecular weight excluding hydrogens is 344 g/mol. The molecule has 0 spiro atoms. The van der Waals surface area contributed by atoms with Gasteiger partial charge in [0.2, 0.25) is 0 Å². The molecule has 3 rings (SSSR count). The van der Waals surface area contributed by atoms with Crippen LogP contribution in [0.5, 0.6) is 0 Å². The summed E-state index contributed by atoms with van der Waals surface area (Å²) in [4.78, 5) is 14.4. The second kappa shape index (κ2) is 6.94. The molecule has 1 amide bonds. The van der Waals surface area contributed by atoms with Gasteiger partial charge in [0.05, 0.1) is 0 Å². The number of carbonyl (C=O) groups excluding carboxylic acids is 1. The second-order valence-corrected chi connectivity index (χ2v) is 8.97. The van der Waals surface area contributed by atoms with Gasteiger partial charge in [-0.2, -0.15) is 0 Å². The van der Waals surface area contributed by atoms with E-state index < -0.39 is 10.0 Å². The van der Waals surface area contributed by atoms with Crippen molar-refractivity contribution in [2.45, 2.75) is 24.0 Å². The van der Waals surface area contributed by atoms with E-state index in [1.165, 1.54) is 0 Å². The summed E-state index contributed by atoms with van der Waals surface area (Å²) in [6.45, 7) is 3.73. The number of likely N-dealkylation sites (tertiary alicyclic amines) is 1. The van der Waals surface area contributed by atoms with E-state index in [4.69, 9.17) is 0 Å². The van der Waals surface area contributed by atoms with E-state index in [1.807, 2.05) is 4.90 Å². The predicted molar refractivity (Wildman–Crippen MR) is 95.9 cm³/mol. The van der Waals surface area contributed by atoms with Crippen LogP contribution in [0.25, 0.3) is 0 Å². The zero-order valence-electron chi connectivity index (χ0n) is 13.4. The van der Waals surface area contributed by atoms with Crippen LogP contribution in [-0.2, 0) is 10.0 Å². The van der Waals surface area contributed by atoms with E-state index in [9.17, 15) is 13.2 Å². The van der Waals surface area contributed by atoms with Crippen molar-refractivity contribution in [2.24, 2.45) is 5.92 Å². The normalized spacial score (nSPS) is 18.4. The van der Waals surface area contributed by atoms with E-state index in [0.29, 0.717) is 17.2 Å². The summed E-state index contributed by atoms with van der Waals surface area (Å²) in [5, 5.41) is 1.72. The van der Waals surface area contributed by atoms with Gasteiger partial charge in [-0.25, -0.2) is 8.42 Å². The van der Waals surface area contributed by atoms with Crippen molar-refractivity contribution in [1.29, 1.82) is 0 Å². The molecule has 1 atom stereocenters. The lowest BCUT2D eigenvalue weighted by Gasteiger charge is -2.31. The Labute approximate surface area is 146 Å². The van der Waals surface area contributed by atoms with Gasteiger partial charge in [-0.3, -0.25) is 9.52 Å². The largest absolute Gasteiger partial charge is 0.338 e. The molecule has 1 aromatic heterocycles. The van der Waals surface area contributed by atoms with Gasteiger partial charge in [0.15, 0.2) is 0 Å². The Hall–Kier alpha value is -1.86. The predicted octanol–water partition coefficient (Wildman–Crippen LogP) is 3.42. The van der Waals surface area contributed by atoms with E-state index in [2.05, 4.69) is 11.6 Å². The highest BCUT2D eigenvalue weighted by Gasteiger charge is 2.22. The molecule has 2 heterocycles. The Kier molecular flexibility index (Phi) is 4.91. The van der Waals surface area contributed by atoms with Gasteiger partial charge in [0.25, 0.3) is 15.9 Å². The highest BCUT2D eigenvalue weighted by atomic mass is 32.2. The van der Waals surface area contributed by atoms with Crippen LogP contribution in [0.15, 0.2) is 46.0 Å². The van der Waals surface area contributed by atoms with Crippen molar-refractivity contribution >= 4 is 33.0 Å². The van der Waals surface area contributed by atoms with Gasteiger partial charge >= 0.3 is 0 Å². The molecule has 7 heteroatoms. The van der Waals surface area contributed by atoms with Crippen LogP contribution < -0.4 is 4.72 Å². The standard InChI is InChI=1S/C17H20N2O3S2/c1-13-4-2-10-19(12-13)17(20)14-6-8-15(9-7-14)18-24(21,22)16-5-3-11-23-16/h3,5-9,11,13,18H,2,4,10,12H2,1H3/t13-/m0/s1. The molecule has 0 radical (unpaired) electrons. The molecule has 128 valence electrons. The minimum atomic E-state index is -3.56. The Balaban J connectivity index is 1.70. The topological polar surface area (TPSA) is 66.5 Å². The first-order valence-electron chi connectivity index (χ1n) is 7.91. The molecule has 1 N–H and O–H groups in total. The van der Waals surface area contributed by atoms with E-state index >= 15 is 0 Å². The lowest BCUT2D eigenvalue weighted by Crippen LogP contribution is -2.39. The average molecular weight is 364 g/mol. The SMILES string of the molecule is C[C@H]1CCCN(C(=O)c2ccc(NS(=O)(=O)c3cccs3)cc2)C1. The van der Waals surface area contributed by atoms with Crippen LogP contribution in [-0.4, -0.2) is 32.3 Å². The molecule has 0 saturated carbocycles. The molecule has 1 saturated heterocycles. The maximum absolute atomic E-state index is 12.5. The number of hydrogen-bond acceptors (Lipinski definition) is 4. The number of rotatable bonds is 4. The highest BCUT2D eigenvalue weighted by molar-refractivity contribution is 7.94. The van der Waals surface area contributed by atoms with Crippen molar-refractivity contribution < 1.29 is 13.2 Å². The molecule has 1 aromatic carbocycles. The van der Waals surface area contributed by atoms with Crippen LogP contribution in [0.2, 0.25) is 0 Å². The van der Waals surface area contributed by atoms with Gasteiger partial charge in [-0.1, -0.05) is 13.0 Å². The van der Waals surface area contributed by atoms with Gasteiger partial charge in [-0.15, -0.1) is 11.3 Å². The Morgan fingerprint density at radius 3 is 2.62 bits per heavy atom. The fourth-order valence-electron chi connectivity index (χ4n) is 2.86. The quantitative estimate of drug-likeness (QED) is 0.904. The number of hydrogen-bond donors (Lipinski definition) is 1. The maximum Gasteiger partial charge on any atom is 0.271 e. The van der Waals surface area contributed by atoms with Crippen LogP contribution in [0, 0.1) is 5.92 Å². The van der Waals surface area contributed by atoms with Crippen molar-refractivity contribution in [2.75, 3.05) is 17.8 Å². The molecule has 24 heavy (non-hydrogen) atoms.